The number of amides is 1. The molecule has 2 N–H and O–H groups in total. The molecule has 1 aliphatic heterocycles. The normalized spacial score (nSPS) is 17.0. The molecule has 0 aliphatic carbocycles. The topological polar surface area (TPSA) is 108 Å². The van der Waals surface area contributed by atoms with Crippen LogP contribution in [0.15, 0.2) is 47.7 Å². The van der Waals surface area contributed by atoms with Crippen LogP contribution in [0.25, 0.3) is 11.3 Å². The van der Waals surface area contributed by atoms with Crippen molar-refractivity contribution in [1.82, 2.24) is 30.0 Å². The molecular weight excluding hydrogens is 320 g/mol. The zero-order valence-corrected chi connectivity index (χ0v) is 13.3. The molecule has 0 radical (unpaired) electrons. The molecule has 126 valence electrons. The number of nitrogens with one attached hydrogen (secondary N) is 2. The summed E-state index contributed by atoms with van der Waals surface area (Å²) < 4.78 is 0. The highest BCUT2D eigenvalue weighted by atomic mass is 16.2. The third-order valence-corrected chi connectivity index (χ3v) is 4.34. The zero-order chi connectivity index (χ0) is 17.2. The number of aromatic nitrogens is 5. The van der Waals surface area contributed by atoms with Gasteiger partial charge in [-0.2, -0.15) is 5.10 Å². The molecule has 1 saturated heterocycles. The second kappa shape index (κ2) is 6.31. The predicted octanol–water partition coefficient (Wildman–Crippen LogP) is 1.53. The molecule has 0 saturated carbocycles. The van der Waals surface area contributed by atoms with Crippen LogP contribution in [-0.2, 0) is 0 Å². The van der Waals surface area contributed by atoms with Gasteiger partial charge in [-0.25, -0.2) is 9.78 Å². The molecule has 0 aromatic carbocycles. The number of rotatable bonds is 3. The lowest BCUT2D eigenvalue weighted by Crippen LogP contribution is -2.32. The fourth-order valence-corrected chi connectivity index (χ4v) is 3.16. The molecule has 1 aliphatic rings. The van der Waals surface area contributed by atoms with Crippen molar-refractivity contribution in [3.05, 3.63) is 64.7 Å². The highest BCUT2D eigenvalue weighted by Gasteiger charge is 2.32. The number of carbonyl (C=O) groups excluding carboxylic acids is 1. The Labute approximate surface area is 143 Å². The summed E-state index contributed by atoms with van der Waals surface area (Å²) in [5.41, 5.74) is 2.23. The first-order valence-corrected chi connectivity index (χ1v) is 8.04. The maximum Gasteiger partial charge on any atom is 0.345 e. The van der Waals surface area contributed by atoms with Gasteiger partial charge in [0.25, 0.3) is 5.91 Å². The van der Waals surface area contributed by atoms with E-state index in [1.165, 1.54) is 6.20 Å². The van der Waals surface area contributed by atoms with E-state index in [4.69, 9.17) is 0 Å². The number of aromatic amines is 2. The molecular formula is C17H16N6O2. The quantitative estimate of drug-likeness (QED) is 0.754. The monoisotopic (exact) mass is 336 g/mol. The standard InChI is InChI=1S/C17H16N6O2/c24-16(14-9-13(21-22-14)11-3-1-6-18-10-11)23-8-2-4-15(23)12-5-7-19-17(25)20-12/h1,3,5-7,9-10,15H,2,4,8H2,(H,21,22)(H,19,20,25)/t15-/m0/s1. The Balaban J connectivity index is 1.60. The molecule has 3 aromatic rings. The number of carbonyl (C=O) groups is 1. The molecule has 0 unspecified atom stereocenters. The Kier molecular flexibility index (Phi) is 3.85. The molecule has 1 atom stereocenters. The molecule has 4 rings (SSSR count). The van der Waals surface area contributed by atoms with Gasteiger partial charge in [0, 0.05) is 36.4 Å². The van der Waals surface area contributed by atoms with Crippen molar-refractivity contribution in [1.29, 1.82) is 0 Å². The fourth-order valence-electron chi connectivity index (χ4n) is 3.16. The van der Waals surface area contributed by atoms with Crippen molar-refractivity contribution >= 4 is 5.91 Å². The summed E-state index contributed by atoms with van der Waals surface area (Å²) in [6.07, 6.45) is 6.53. The van der Waals surface area contributed by atoms with E-state index in [1.807, 2.05) is 12.1 Å². The summed E-state index contributed by atoms with van der Waals surface area (Å²) in [5.74, 6) is -0.136. The lowest BCUT2D eigenvalue weighted by molar-refractivity contribution is 0.0726. The summed E-state index contributed by atoms with van der Waals surface area (Å²) >= 11 is 0. The predicted molar refractivity (Wildman–Crippen MR) is 89.7 cm³/mol. The van der Waals surface area contributed by atoms with Crippen molar-refractivity contribution < 1.29 is 4.79 Å². The SMILES string of the molecule is O=C(c1cc(-c2cccnc2)n[nH]1)N1CCC[C@H]1c1ccnc(=O)[nH]1. The minimum absolute atomic E-state index is 0.136. The zero-order valence-electron chi connectivity index (χ0n) is 13.3. The second-order valence-corrected chi connectivity index (χ2v) is 5.90. The van der Waals surface area contributed by atoms with Crippen LogP contribution in [0.3, 0.4) is 0 Å². The smallest absolute Gasteiger partial charge is 0.329 e. The van der Waals surface area contributed by atoms with E-state index in [-0.39, 0.29) is 11.9 Å². The Morgan fingerprint density at radius 1 is 1.28 bits per heavy atom. The van der Waals surface area contributed by atoms with Crippen molar-refractivity contribution in [2.45, 2.75) is 18.9 Å². The first kappa shape index (κ1) is 15.3. The number of nitrogens with zero attached hydrogens (tertiary/aromatic N) is 4. The van der Waals surface area contributed by atoms with E-state index in [0.29, 0.717) is 23.6 Å². The van der Waals surface area contributed by atoms with Crippen LogP contribution in [0, 0.1) is 0 Å². The van der Waals surface area contributed by atoms with E-state index in [9.17, 15) is 9.59 Å². The van der Waals surface area contributed by atoms with Gasteiger partial charge in [-0.3, -0.25) is 14.9 Å². The fraction of sp³-hybridized carbons (Fsp3) is 0.235. The van der Waals surface area contributed by atoms with Crippen LogP contribution < -0.4 is 5.69 Å². The highest BCUT2D eigenvalue weighted by molar-refractivity contribution is 5.93. The largest absolute Gasteiger partial charge is 0.345 e. The minimum Gasteiger partial charge on any atom is -0.329 e. The number of H-pyrrole nitrogens is 2. The Bertz CT molecular complexity index is 949. The summed E-state index contributed by atoms with van der Waals surface area (Å²) in [4.78, 5) is 36.5. The minimum atomic E-state index is -0.405. The lowest BCUT2D eigenvalue weighted by atomic mass is 10.1. The maximum absolute atomic E-state index is 12.9. The third kappa shape index (κ3) is 2.93. The number of hydrogen-bond acceptors (Lipinski definition) is 5. The molecule has 25 heavy (non-hydrogen) atoms. The van der Waals surface area contributed by atoms with Crippen molar-refractivity contribution in [2.24, 2.45) is 0 Å². The van der Waals surface area contributed by atoms with Crippen LogP contribution in [0.1, 0.15) is 35.1 Å². The van der Waals surface area contributed by atoms with Gasteiger partial charge in [0.15, 0.2) is 0 Å². The first-order valence-electron chi connectivity index (χ1n) is 8.04. The van der Waals surface area contributed by atoms with Crippen LogP contribution >= 0.6 is 0 Å². The molecule has 0 bridgehead atoms. The van der Waals surface area contributed by atoms with Crippen molar-refractivity contribution in [2.75, 3.05) is 6.54 Å². The van der Waals surface area contributed by atoms with Crippen molar-refractivity contribution in [3.8, 4) is 11.3 Å². The molecule has 1 fully saturated rings. The van der Waals surface area contributed by atoms with Gasteiger partial charge in [-0.05, 0) is 37.1 Å². The molecule has 3 aromatic heterocycles. The number of pyridine rings is 1. The van der Waals surface area contributed by atoms with Gasteiger partial charge >= 0.3 is 5.69 Å². The van der Waals surface area contributed by atoms with Gasteiger partial charge in [0.2, 0.25) is 0 Å². The first-order chi connectivity index (χ1) is 12.2. The van der Waals surface area contributed by atoms with E-state index < -0.39 is 5.69 Å². The Hall–Kier alpha value is -3.29. The van der Waals surface area contributed by atoms with E-state index in [1.54, 1.807) is 29.4 Å². The summed E-state index contributed by atoms with van der Waals surface area (Å²) in [7, 11) is 0. The molecule has 1 amide bonds. The summed E-state index contributed by atoms with van der Waals surface area (Å²) in [6, 6.07) is 7.02. The summed E-state index contributed by atoms with van der Waals surface area (Å²) in [6.45, 7) is 0.634. The van der Waals surface area contributed by atoms with Gasteiger partial charge in [-0.15, -0.1) is 0 Å². The van der Waals surface area contributed by atoms with Crippen LogP contribution in [-0.4, -0.2) is 42.5 Å². The molecule has 0 spiro atoms. The van der Waals surface area contributed by atoms with E-state index >= 15 is 0 Å². The Morgan fingerprint density at radius 3 is 3.00 bits per heavy atom. The second-order valence-electron chi connectivity index (χ2n) is 5.90. The molecule has 8 nitrogen and oxygen atoms in total. The van der Waals surface area contributed by atoms with Crippen LogP contribution in [0.5, 0.6) is 0 Å². The van der Waals surface area contributed by atoms with Gasteiger partial charge in [-0.1, -0.05) is 0 Å². The third-order valence-electron chi connectivity index (χ3n) is 4.34. The molecule has 8 heteroatoms. The summed E-state index contributed by atoms with van der Waals surface area (Å²) in [5, 5.41) is 7.02. The highest BCUT2D eigenvalue weighted by Crippen LogP contribution is 2.31. The van der Waals surface area contributed by atoms with E-state index in [0.717, 1.165) is 18.4 Å². The lowest BCUT2D eigenvalue weighted by Gasteiger charge is -2.23. The Morgan fingerprint density at radius 2 is 2.20 bits per heavy atom. The number of likely N-dealkylation sites (tertiary alicyclic amines) is 1. The average molecular weight is 336 g/mol. The van der Waals surface area contributed by atoms with Gasteiger partial charge in [0.1, 0.15) is 5.69 Å². The van der Waals surface area contributed by atoms with Crippen molar-refractivity contribution in [3.63, 3.8) is 0 Å². The maximum atomic E-state index is 12.9. The number of hydrogen-bond donors (Lipinski definition) is 2. The van der Waals surface area contributed by atoms with Crippen LogP contribution in [0.4, 0.5) is 0 Å². The van der Waals surface area contributed by atoms with Gasteiger partial charge in [0.05, 0.1) is 11.7 Å². The van der Waals surface area contributed by atoms with E-state index in [2.05, 4.69) is 25.1 Å². The van der Waals surface area contributed by atoms with Crippen LogP contribution in [0.2, 0.25) is 0 Å². The average Bonchev–Trinajstić information content (AvgIpc) is 3.32. The van der Waals surface area contributed by atoms with Gasteiger partial charge < -0.3 is 9.88 Å². The molecule has 4 heterocycles.